The molecule has 0 fully saturated rings. The van der Waals surface area contributed by atoms with E-state index in [0.717, 1.165) is 17.3 Å². The van der Waals surface area contributed by atoms with Crippen LogP contribution < -0.4 is 4.74 Å². The molecule has 0 aliphatic rings. The summed E-state index contributed by atoms with van der Waals surface area (Å²) in [5.74, 6) is 0.324. The Morgan fingerprint density at radius 1 is 1.22 bits per heavy atom. The van der Waals surface area contributed by atoms with Crippen molar-refractivity contribution in [3.05, 3.63) is 80.4 Å². The van der Waals surface area contributed by atoms with E-state index in [4.69, 9.17) is 20.8 Å². The molecule has 0 unspecified atom stereocenters. The van der Waals surface area contributed by atoms with Crippen LogP contribution in [0.3, 0.4) is 0 Å². The van der Waals surface area contributed by atoms with Crippen LogP contribution in [0.5, 0.6) is 5.75 Å². The monoisotopic (exact) mass is 526 g/mol. The van der Waals surface area contributed by atoms with E-state index in [1.54, 1.807) is 28.8 Å². The summed E-state index contributed by atoms with van der Waals surface area (Å²) in [6, 6.07) is 14.5. The smallest absolute Gasteiger partial charge is 0.342 e. The van der Waals surface area contributed by atoms with E-state index in [1.165, 1.54) is 31.4 Å². The molecule has 4 aromatic rings. The zero-order valence-electron chi connectivity index (χ0n) is 19.0. The number of hydrogen-bond donors (Lipinski definition) is 1. The Kier molecular flexibility index (Phi) is 7.41. The van der Waals surface area contributed by atoms with Crippen LogP contribution in [0, 0.1) is 10.1 Å². The number of carbonyl (C=O) groups is 1. The second-order valence-electron chi connectivity index (χ2n) is 7.32. The van der Waals surface area contributed by atoms with Gasteiger partial charge < -0.3 is 18.8 Å². The maximum absolute atomic E-state index is 12.0. The Labute approximate surface area is 214 Å². The van der Waals surface area contributed by atoms with Crippen LogP contribution in [0.15, 0.2) is 69.1 Å². The number of furan rings is 1. The molecule has 0 amide bonds. The molecular weight excluding hydrogens is 508 g/mol. The van der Waals surface area contributed by atoms with Crippen LogP contribution in [-0.2, 0) is 11.3 Å². The number of nitro groups is 1. The molecule has 0 radical (unpaired) electrons. The van der Waals surface area contributed by atoms with Crippen molar-refractivity contribution in [1.29, 1.82) is 0 Å². The van der Waals surface area contributed by atoms with Crippen LogP contribution >= 0.6 is 23.4 Å². The number of carboxylic acid groups (broad SMARTS) is 1. The third kappa shape index (κ3) is 5.26. The van der Waals surface area contributed by atoms with Gasteiger partial charge in [0.05, 0.1) is 23.7 Å². The number of ether oxygens (including phenoxy) is 1. The van der Waals surface area contributed by atoms with Gasteiger partial charge in [-0.25, -0.2) is 4.79 Å². The summed E-state index contributed by atoms with van der Waals surface area (Å²) in [5.41, 5.74) is 1.17. The summed E-state index contributed by atoms with van der Waals surface area (Å²) in [5, 5.41) is 30.3. The van der Waals surface area contributed by atoms with Gasteiger partial charge in [-0.2, -0.15) is 0 Å². The largest absolute Gasteiger partial charge is 0.496 e. The highest BCUT2D eigenvalue weighted by Gasteiger charge is 2.20. The maximum Gasteiger partial charge on any atom is 0.342 e. The number of methoxy groups -OCH3 is 1. The van der Waals surface area contributed by atoms with Crippen LogP contribution in [0.1, 0.15) is 12.7 Å². The van der Waals surface area contributed by atoms with Gasteiger partial charge >= 0.3 is 5.97 Å². The topological polar surface area (TPSA) is 134 Å². The van der Waals surface area contributed by atoms with Crippen molar-refractivity contribution in [1.82, 2.24) is 14.8 Å². The number of non-ortho nitro benzene ring substituents is 1. The predicted molar refractivity (Wildman–Crippen MR) is 135 cm³/mol. The van der Waals surface area contributed by atoms with Gasteiger partial charge in [0.25, 0.3) is 5.69 Å². The molecule has 0 spiro atoms. The molecular formula is C24H19ClN4O6S. The van der Waals surface area contributed by atoms with Crippen molar-refractivity contribution in [2.24, 2.45) is 0 Å². The number of aromatic nitrogens is 3. The van der Waals surface area contributed by atoms with Gasteiger partial charge in [-0.15, -0.1) is 10.2 Å². The fourth-order valence-electron chi connectivity index (χ4n) is 3.40. The number of nitro benzene ring substituents is 1. The Hall–Kier alpha value is -4.09. The standard InChI is InChI=1S/C24H19ClN4O6S/c1-3-28-22(14-4-6-15(25)7-5-14)26-27-24(28)36-21(23(30)31)13-17-9-11-19(35-17)18-10-8-16(29(32)33)12-20(18)34-2/h4-13H,3H2,1-2H3,(H,30,31)/b21-13-. The Bertz CT molecular complexity index is 1460. The van der Waals surface area contributed by atoms with Gasteiger partial charge in [-0.3, -0.25) is 10.1 Å². The lowest BCUT2D eigenvalue weighted by Crippen LogP contribution is -2.02. The van der Waals surface area contributed by atoms with Crippen molar-refractivity contribution < 1.29 is 24.0 Å². The molecule has 0 bridgehead atoms. The van der Waals surface area contributed by atoms with Crippen LogP contribution in [0.4, 0.5) is 5.69 Å². The van der Waals surface area contributed by atoms with E-state index in [9.17, 15) is 20.0 Å². The number of halogens is 1. The molecule has 184 valence electrons. The fraction of sp³-hybridized carbons (Fsp3) is 0.125. The van der Waals surface area contributed by atoms with E-state index < -0.39 is 10.9 Å². The first-order valence-corrected chi connectivity index (χ1v) is 11.7. The molecule has 2 aromatic carbocycles. The number of thioether (sulfide) groups is 1. The average Bonchev–Trinajstić information content (AvgIpc) is 3.50. The Balaban J connectivity index is 1.64. The first kappa shape index (κ1) is 25.0. The zero-order chi connectivity index (χ0) is 25.8. The van der Waals surface area contributed by atoms with E-state index >= 15 is 0 Å². The average molecular weight is 527 g/mol. The molecule has 10 nitrogen and oxygen atoms in total. The number of rotatable bonds is 9. The lowest BCUT2D eigenvalue weighted by Gasteiger charge is -2.08. The van der Waals surface area contributed by atoms with Gasteiger partial charge in [0.1, 0.15) is 22.2 Å². The molecule has 0 aliphatic carbocycles. The lowest BCUT2D eigenvalue weighted by molar-refractivity contribution is -0.384. The highest BCUT2D eigenvalue weighted by atomic mass is 35.5. The number of aliphatic carboxylic acids is 1. The van der Waals surface area contributed by atoms with Gasteiger partial charge in [0.2, 0.25) is 0 Å². The van der Waals surface area contributed by atoms with E-state index in [-0.39, 0.29) is 22.1 Å². The summed E-state index contributed by atoms with van der Waals surface area (Å²) < 4.78 is 12.9. The minimum Gasteiger partial charge on any atom is -0.496 e. The summed E-state index contributed by atoms with van der Waals surface area (Å²) >= 11 is 6.92. The van der Waals surface area contributed by atoms with Crippen molar-refractivity contribution in [2.45, 2.75) is 18.6 Å². The Morgan fingerprint density at radius 2 is 1.97 bits per heavy atom. The third-order valence-electron chi connectivity index (χ3n) is 5.11. The molecule has 36 heavy (non-hydrogen) atoms. The molecule has 12 heteroatoms. The highest BCUT2D eigenvalue weighted by Crippen LogP contribution is 2.36. The quantitative estimate of drug-likeness (QED) is 0.120. The summed E-state index contributed by atoms with van der Waals surface area (Å²) in [7, 11) is 1.40. The Morgan fingerprint density at radius 3 is 2.61 bits per heavy atom. The summed E-state index contributed by atoms with van der Waals surface area (Å²) in [6.07, 6.45) is 1.38. The van der Waals surface area contributed by atoms with E-state index in [1.807, 2.05) is 19.1 Å². The van der Waals surface area contributed by atoms with Gasteiger partial charge in [0, 0.05) is 29.3 Å². The molecule has 2 heterocycles. The molecule has 1 N–H and O–H groups in total. The minimum atomic E-state index is -1.16. The van der Waals surface area contributed by atoms with Crippen molar-refractivity contribution >= 4 is 41.1 Å². The molecule has 0 aliphatic heterocycles. The zero-order valence-corrected chi connectivity index (χ0v) is 20.6. The first-order chi connectivity index (χ1) is 17.3. The van der Waals surface area contributed by atoms with Gasteiger partial charge in [0.15, 0.2) is 11.0 Å². The number of nitrogens with zero attached hydrogens (tertiary/aromatic N) is 4. The minimum absolute atomic E-state index is 0.0312. The van der Waals surface area contributed by atoms with Crippen LogP contribution in [0.2, 0.25) is 5.02 Å². The molecule has 0 saturated carbocycles. The first-order valence-electron chi connectivity index (χ1n) is 10.5. The molecule has 4 rings (SSSR count). The van der Waals surface area contributed by atoms with Gasteiger partial charge in [-0.1, -0.05) is 11.6 Å². The molecule has 2 aromatic heterocycles. The van der Waals surface area contributed by atoms with Crippen LogP contribution in [-0.4, -0.2) is 37.9 Å². The highest BCUT2D eigenvalue weighted by molar-refractivity contribution is 8.04. The second-order valence-corrected chi connectivity index (χ2v) is 8.76. The number of carboxylic acids is 1. The maximum atomic E-state index is 12.0. The van der Waals surface area contributed by atoms with Crippen molar-refractivity contribution in [2.75, 3.05) is 7.11 Å². The normalized spacial score (nSPS) is 11.5. The second kappa shape index (κ2) is 10.7. The summed E-state index contributed by atoms with van der Waals surface area (Å²) in [4.78, 5) is 22.5. The van der Waals surface area contributed by atoms with Crippen LogP contribution in [0.25, 0.3) is 28.8 Å². The molecule has 0 saturated heterocycles. The SMILES string of the molecule is CCn1c(S/C(=C\c2ccc(-c3ccc([N+](=O)[O-])cc3OC)o2)C(=O)O)nnc1-c1ccc(Cl)cc1. The van der Waals surface area contributed by atoms with E-state index in [0.29, 0.717) is 33.9 Å². The number of hydrogen-bond acceptors (Lipinski definition) is 8. The van der Waals surface area contributed by atoms with Crippen molar-refractivity contribution in [3.8, 4) is 28.5 Å². The fourth-order valence-corrected chi connectivity index (χ4v) is 4.39. The predicted octanol–water partition coefficient (Wildman–Crippen LogP) is 6.01. The number of benzene rings is 2. The lowest BCUT2D eigenvalue weighted by atomic mass is 10.1. The summed E-state index contributed by atoms with van der Waals surface area (Å²) in [6.45, 7) is 2.43. The van der Waals surface area contributed by atoms with Crippen molar-refractivity contribution in [3.63, 3.8) is 0 Å². The third-order valence-corrected chi connectivity index (χ3v) is 6.36. The van der Waals surface area contributed by atoms with Gasteiger partial charge in [-0.05, 0) is 61.2 Å². The van der Waals surface area contributed by atoms with E-state index in [2.05, 4.69) is 10.2 Å². The molecule has 0 atom stereocenters.